The van der Waals surface area contributed by atoms with Gasteiger partial charge in [-0.1, -0.05) is 49.6 Å². The van der Waals surface area contributed by atoms with Crippen LogP contribution in [0.25, 0.3) is 0 Å². The van der Waals surface area contributed by atoms with Gasteiger partial charge < -0.3 is 10.4 Å². The van der Waals surface area contributed by atoms with Gasteiger partial charge in [-0.15, -0.1) is 0 Å². The Hall–Kier alpha value is -0.860. The lowest BCUT2D eigenvalue weighted by atomic mass is 9.90. The van der Waals surface area contributed by atoms with Gasteiger partial charge in [0.25, 0.3) is 0 Å². The fourth-order valence-electron chi connectivity index (χ4n) is 2.87. The Morgan fingerprint density at radius 2 is 2.00 bits per heavy atom. The molecule has 1 fully saturated rings. The van der Waals surface area contributed by atoms with Gasteiger partial charge in [0, 0.05) is 12.1 Å². The van der Waals surface area contributed by atoms with Gasteiger partial charge in [-0.3, -0.25) is 0 Å². The lowest BCUT2D eigenvalue weighted by molar-refractivity contribution is 0.0998. The van der Waals surface area contributed by atoms with E-state index in [0.717, 1.165) is 12.0 Å². The first-order valence-electron chi connectivity index (χ1n) is 7.21. The minimum Gasteiger partial charge on any atom is -0.387 e. The van der Waals surface area contributed by atoms with E-state index in [4.69, 9.17) is 0 Å². The van der Waals surface area contributed by atoms with Crippen LogP contribution in [-0.2, 0) is 0 Å². The van der Waals surface area contributed by atoms with Crippen LogP contribution in [0.1, 0.15) is 56.3 Å². The second-order valence-electron chi connectivity index (χ2n) is 5.55. The molecule has 0 radical (unpaired) electrons. The van der Waals surface area contributed by atoms with Crippen molar-refractivity contribution in [1.29, 1.82) is 0 Å². The van der Waals surface area contributed by atoms with Crippen molar-refractivity contribution in [3.8, 4) is 0 Å². The van der Waals surface area contributed by atoms with Gasteiger partial charge in [0.1, 0.15) is 0 Å². The molecule has 0 spiro atoms. The predicted octanol–water partition coefficient (Wildman–Crippen LogP) is 3.34. The van der Waals surface area contributed by atoms with Crippen LogP contribution in [-0.4, -0.2) is 17.2 Å². The maximum atomic E-state index is 10.5. The van der Waals surface area contributed by atoms with Crippen molar-refractivity contribution >= 4 is 0 Å². The molecule has 18 heavy (non-hydrogen) atoms. The van der Waals surface area contributed by atoms with Crippen LogP contribution in [0.2, 0.25) is 0 Å². The summed E-state index contributed by atoms with van der Waals surface area (Å²) in [5.41, 5.74) is 2.28. The van der Waals surface area contributed by atoms with Crippen molar-refractivity contribution in [2.24, 2.45) is 0 Å². The second kappa shape index (κ2) is 6.35. The van der Waals surface area contributed by atoms with E-state index in [1.807, 2.05) is 12.1 Å². The Bertz CT molecular complexity index is 358. The third-order valence-electron chi connectivity index (χ3n) is 3.95. The van der Waals surface area contributed by atoms with Crippen molar-refractivity contribution in [3.05, 3.63) is 35.4 Å². The summed E-state index contributed by atoms with van der Waals surface area (Å²) >= 11 is 0. The van der Waals surface area contributed by atoms with Crippen LogP contribution in [0.4, 0.5) is 0 Å². The number of hydrogen-bond acceptors (Lipinski definition) is 2. The number of aliphatic hydroxyl groups is 1. The van der Waals surface area contributed by atoms with E-state index in [9.17, 15) is 5.11 Å². The molecule has 2 N–H and O–H groups in total. The largest absolute Gasteiger partial charge is 0.387 e. The minimum absolute atomic E-state index is 0.220. The molecule has 3 atom stereocenters. The van der Waals surface area contributed by atoms with Crippen LogP contribution in [0.3, 0.4) is 0 Å². The van der Waals surface area contributed by atoms with E-state index in [1.54, 1.807) is 0 Å². The molecule has 0 amide bonds. The molecule has 1 aliphatic heterocycles. The molecule has 0 bridgehead atoms. The molecule has 100 valence electrons. The van der Waals surface area contributed by atoms with Crippen LogP contribution >= 0.6 is 0 Å². The van der Waals surface area contributed by atoms with E-state index in [2.05, 4.69) is 31.3 Å². The summed E-state index contributed by atoms with van der Waals surface area (Å²) in [4.78, 5) is 0. The number of rotatable bonds is 4. The number of nitrogens with one attached hydrogen (secondary N) is 1. The van der Waals surface area contributed by atoms with Gasteiger partial charge in [0.15, 0.2) is 0 Å². The highest BCUT2D eigenvalue weighted by molar-refractivity contribution is 5.24. The molecule has 0 aliphatic carbocycles. The molecule has 1 aromatic rings. The fraction of sp³-hybridized carbons (Fsp3) is 0.625. The smallest absolute Gasteiger partial charge is 0.0943 e. The standard InChI is InChI=1S/C16H25NO/c1-3-5-14-6-4-7-15(17-14)16(18)13-10-8-12(2)9-11-13/h8-11,14-18H,3-7H2,1-2H3/t14-,15?,16-/m1/s1. The van der Waals surface area contributed by atoms with Crippen LogP contribution in [0.5, 0.6) is 0 Å². The topological polar surface area (TPSA) is 32.3 Å². The van der Waals surface area contributed by atoms with Crippen molar-refractivity contribution in [2.75, 3.05) is 0 Å². The van der Waals surface area contributed by atoms with E-state index < -0.39 is 0 Å². The van der Waals surface area contributed by atoms with Crippen LogP contribution in [0.15, 0.2) is 24.3 Å². The highest BCUT2D eigenvalue weighted by Crippen LogP contribution is 2.26. The minimum atomic E-state index is -0.370. The number of benzene rings is 1. The van der Waals surface area contributed by atoms with Crippen molar-refractivity contribution < 1.29 is 5.11 Å². The molecule has 2 heteroatoms. The molecule has 0 saturated carbocycles. The summed E-state index contributed by atoms with van der Waals surface area (Å²) in [6.45, 7) is 4.30. The van der Waals surface area contributed by atoms with Gasteiger partial charge in [0.2, 0.25) is 0 Å². The Balaban J connectivity index is 1.99. The van der Waals surface area contributed by atoms with E-state index in [-0.39, 0.29) is 12.1 Å². The molecule has 1 saturated heterocycles. The number of piperidine rings is 1. The zero-order valence-corrected chi connectivity index (χ0v) is 11.5. The first kappa shape index (κ1) is 13.6. The van der Waals surface area contributed by atoms with Crippen LogP contribution in [0, 0.1) is 6.92 Å². The molecule has 0 aromatic heterocycles. The van der Waals surface area contributed by atoms with E-state index in [0.29, 0.717) is 6.04 Å². The zero-order chi connectivity index (χ0) is 13.0. The molecule has 2 rings (SSSR count). The number of hydrogen-bond donors (Lipinski definition) is 2. The highest BCUT2D eigenvalue weighted by Gasteiger charge is 2.26. The third-order valence-corrected chi connectivity index (χ3v) is 3.95. The molecule has 2 nitrogen and oxygen atoms in total. The Morgan fingerprint density at radius 1 is 1.28 bits per heavy atom. The van der Waals surface area contributed by atoms with Gasteiger partial charge in [-0.25, -0.2) is 0 Å². The summed E-state index contributed by atoms with van der Waals surface area (Å²) in [7, 11) is 0. The molecule has 1 aliphatic rings. The fourth-order valence-corrected chi connectivity index (χ4v) is 2.87. The number of aliphatic hydroxyl groups excluding tert-OH is 1. The van der Waals surface area contributed by atoms with Crippen molar-refractivity contribution in [2.45, 2.75) is 64.1 Å². The Kier molecular flexibility index (Phi) is 4.79. The summed E-state index contributed by atoms with van der Waals surface area (Å²) in [6, 6.07) is 9.05. The maximum absolute atomic E-state index is 10.5. The summed E-state index contributed by atoms with van der Waals surface area (Å²) in [5, 5.41) is 14.1. The maximum Gasteiger partial charge on any atom is 0.0943 e. The SMILES string of the molecule is CCC[C@@H]1CCCC([C@H](O)c2ccc(C)cc2)N1. The average Bonchev–Trinajstić information content (AvgIpc) is 2.39. The molecule has 1 aromatic carbocycles. The summed E-state index contributed by atoms with van der Waals surface area (Å²) in [6.07, 6.45) is 5.62. The molecule has 1 unspecified atom stereocenters. The molecular weight excluding hydrogens is 222 g/mol. The van der Waals surface area contributed by atoms with Gasteiger partial charge in [-0.05, 0) is 31.7 Å². The van der Waals surface area contributed by atoms with Gasteiger partial charge in [-0.2, -0.15) is 0 Å². The molecule has 1 heterocycles. The highest BCUT2D eigenvalue weighted by atomic mass is 16.3. The zero-order valence-electron chi connectivity index (χ0n) is 11.5. The number of aryl methyl sites for hydroxylation is 1. The quantitative estimate of drug-likeness (QED) is 0.855. The lowest BCUT2D eigenvalue weighted by Crippen LogP contribution is -2.45. The van der Waals surface area contributed by atoms with E-state index >= 15 is 0 Å². The van der Waals surface area contributed by atoms with E-state index in [1.165, 1.54) is 31.2 Å². The monoisotopic (exact) mass is 247 g/mol. The molecular formula is C16H25NO. The predicted molar refractivity (Wildman–Crippen MR) is 75.6 cm³/mol. The normalized spacial score (nSPS) is 25.9. The third kappa shape index (κ3) is 3.33. The lowest BCUT2D eigenvalue weighted by Gasteiger charge is -2.34. The van der Waals surface area contributed by atoms with Gasteiger partial charge in [0.05, 0.1) is 6.10 Å². The summed E-state index contributed by atoms with van der Waals surface area (Å²) < 4.78 is 0. The van der Waals surface area contributed by atoms with Crippen LogP contribution < -0.4 is 5.32 Å². The summed E-state index contributed by atoms with van der Waals surface area (Å²) in [5.74, 6) is 0. The first-order chi connectivity index (χ1) is 8.70. The Morgan fingerprint density at radius 3 is 2.67 bits per heavy atom. The second-order valence-corrected chi connectivity index (χ2v) is 5.55. The average molecular weight is 247 g/mol. The Labute approximate surface area is 110 Å². The van der Waals surface area contributed by atoms with Crippen molar-refractivity contribution in [1.82, 2.24) is 5.32 Å². The van der Waals surface area contributed by atoms with Gasteiger partial charge >= 0.3 is 0 Å². The van der Waals surface area contributed by atoms with Crippen molar-refractivity contribution in [3.63, 3.8) is 0 Å². The first-order valence-corrected chi connectivity index (χ1v) is 7.21.